The number of nitrogens with zero attached hydrogens (tertiary/aromatic N) is 2. The number of benzene rings is 1. The van der Waals surface area contributed by atoms with E-state index in [4.69, 9.17) is 0 Å². The second-order valence-corrected chi connectivity index (χ2v) is 4.87. The molecule has 0 spiro atoms. The Morgan fingerprint density at radius 2 is 1.72 bits per heavy atom. The van der Waals surface area contributed by atoms with Crippen molar-refractivity contribution in [3.63, 3.8) is 0 Å². The van der Waals surface area contributed by atoms with Crippen LogP contribution in [0.3, 0.4) is 0 Å². The summed E-state index contributed by atoms with van der Waals surface area (Å²) in [6.45, 7) is 0. The van der Waals surface area contributed by atoms with E-state index in [0.717, 1.165) is 18.2 Å². The standard InChI is InChI=1S/C16H11F2N5O2/c17-9-4-3-5-10(18)13(9)15(24)21-11-8-20-23-14(11)16(25)22-12-6-1-2-7-19-12/h1-8H,(H,20,23)(H,21,24)(H,19,22,25). The minimum absolute atomic E-state index is 0.0268. The van der Waals surface area contributed by atoms with Gasteiger partial charge in [-0.1, -0.05) is 12.1 Å². The lowest BCUT2D eigenvalue weighted by atomic mass is 10.2. The molecule has 0 unspecified atom stereocenters. The molecule has 2 heterocycles. The van der Waals surface area contributed by atoms with Crippen LogP contribution in [0.15, 0.2) is 48.8 Å². The van der Waals surface area contributed by atoms with Crippen molar-refractivity contribution >= 4 is 23.3 Å². The van der Waals surface area contributed by atoms with Crippen molar-refractivity contribution < 1.29 is 18.4 Å². The van der Waals surface area contributed by atoms with Gasteiger partial charge in [-0.2, -0.15) is 5.10 Å². The molecule has 126 valence electrons. The van der Waals surface area contributed by atoms with Gasteiger partial charge in [-0.3, -0.25) is 14.7 Å². The Balaban J connectivity index is 1.80. The predicted molar refractivity (Wildman–Crippen MR) is 85.1 cm³/mol. The van der Waals surface area contributed by atoms with Gasteiger partial charge in [-0.15, -0.1) is 0 Å². The van der Waals surface area contributed by atoms with E-state index in [1.165, 1.54) is 12.4 Å². The molecule has 25 heavy (non-hydrogen) atoms. The molecule has 2 aromatic heterocycles. The average molecular weight is 343 g/mol. The molecular weight excluding hydrogens is 332 g/mol. The number of pyridine rings is 1. The summed E-state index contributed by atoms with van der Waals surface area (Å²) in [4.78, 5) is 28.3. The SMILES string of the molecule is O=C(Nc1ccccn1)c1n[nH]cc1NC(=O)c1c(F)cccc1F. The van der Waals surface area contributed by atoms with Crippen LogP contribution in [0.5, 0.6) is 0 Å². The van der Waals surface area contributed by atoms with Crippen LogP contribution in [0.4, 0.5) is 20.3 Å². The van der Waals surface area contributed by atoms with E-state index in [1.54, 1.807) is 18.2 Å². The molecule has 2 amide bonds. The van der Waals surface area contributed by atoms with E-state index in [0.29, 0.717) is 0 Å². The van der Waals surface area contributed by atoms with Gasteiger partial charge in [0.1, 0.15) is 23.0 Å². The number of amides is 2. The van der Waals surface area contributed by atoms with Crippen LogP contribution in [0, 0.1) is 11.6 Å². The number of H-pyrrole nitrogens is 1. The molecule has 0 aliphatic carbocycles. The molecule has 0 saturated carbocycles. The molecule has 0 atom stereocenters. The Labute approximate surface area is 140 Å². The zero-order valence-electron chi connectivity index (χ0n) is 12.6. The van der Waals surface area contributed by atoms with Crippen LogP contribution in [0.1, 0.15) is 20.8 Å². The summed E-state index contributed by atoms with van der Waals surface area (Å²) in [6.07, 6.45) is 2.72. The largest absolute Gasteiger partial charge is 0.318 e. The molecule has 0 bridgehead atoms. The molecule has 3 N–H and O–H groups in total. The van der Waals surface area contributed by atoms with Gasteiger partial charge in [0.25, 0.3) is 11.8 Å². The summed E-state index contributed by atoms with van der Waals surface area (Å²) in [5, 5.41) is 10.9. The van der Waals surface area contributed by atoms with E-state index >= 15 is 0 Å². The van der Waals surface area contributed by atoms with Crippen molar-refractivity contribution in [3.8, 4) is 0 Å². The number of halogens is 2. The van der Waals surface area contributed by atoms with Gasteiger partial charge in [0.2, 0.25) is 0 Å². The fourth-order valence-electron chi connectivity index (χ4n) is 2.07. The van der Waals surface area contributed by atoms with Crippen LogP contribution >= 0.6 is 0 Å². The first kappa shape index (κ1) is 16.2. The first-order valence-electron chi connectivity index (χ1n) is 7.08. The van der Waals surface area contributed by atoms with E-state index in [9.17, 15) is 18.4 Å². The van der Waals surface area contributed by atoms with Gasteiger partial charge >= 0.3 is 0 Å². The van der Waals surface area contributed by atoms with Crippen LogP contribution in [-0.2, 0) is 0 Å². The van der Waals surface area contributed by atoms with E-state index in [2.05, 4.69) is 25.8 Å². The van der Waals surface area contributed by atoms with Crippen LogP contribution in [-0.4, -0.2) is 27.0 Å². The Hall–Kier alpha value is -3.62. The highest BCUT2D eigenvalue weighted by atomic mass is 19.1. The first-order valence-corrected chi connectivity index (χ1v) is 7.08. The molecule has 0 fully saturated rings. The lowest BCUT2D eigenvalue weighted by Gasteiger charge is -2.07. The number of carbonyl (C=O) groups excluding carboxylic acids is 2. The number of hydrogen-bond acceptors (Lipinski definition) is 4. The number of carbonyl (C=O) groups is 2. The number of nitrogens with one attached hydrogen (secondary N) is 3. The minimum Gasteiger partial charge on any atom is -0.318 e. The Morgan fingerprint density at radius 1 is 0.960 bits per heavy atom. The fourth-order valence-corrected chi connectivity index (χ4v) is 2.07. The van der Waals surface area contributed by atoms with Gasteiger partial charge in [0, 0.05) is 12.4 Å². The van der Waals surface area contributed by atoms with E-state index in [-0.39, 0.29) is 17.2 Å². The summed E-state index contributed by atoms with van der Waals surface area (Å²) >= 11 is 0. The molecule has 3 rings (SSSR count). The van der Waals surface area contributed by atoms with E-state index < -0.39 is 29.0 Å². The summed E-state index contributed by atoms with van der Waals surface area (Å²) < 4.78 is 27.3. The maximum atomic E-state index is 13.7. The lowest BCUT2D eigenvalue weighted by molar-refractivity contribution is 0.101. The zero-order chi connectivity index (χ0) is 17.8. The molecule has 0 saturated heterocycles. The van der Waals surface area contributed by atoms with Gasteiger partial charge in [-0.25, -0.2) is 13.8 Å². The average Bonchev–Trinajstić information content (AvgIpc) is 3.04. The third-order valence-corrected chi connectivity index (χ3v) is 3.20. The predicted octanol–water partition coefficient (Wildman–Crippen LogP) is 2.59. The molecule has 1 aromatic carbocycles. The quantitative estimate of drug-likeness (QED) is 0.678. The minimum atomic E-state index is -1.04. The monoisotopic (exact) mass is 343 g/mol. The molecule has 0 aliphatic heterocycles. The number of rotatable bonds is 4. The van der Waals surface area contributed by atoms with Gasteiger partial charge in [0.05, 0.1) is 5.69 Å². The highest BCUT2D eigenvalue weighted by Crippen LogP contribution is 2.18. The number of aromatic amines is 1. The van der Waals surface area contributed by atoms with E-state index in [1.807, 2.05) is 0 Å². The fraction of sp³-hybridized carbons (Fsp3) is 0. The Morgan fingerprint density at radius 3 is 2.40 bits per heavy atom. The summed E-state index contributed by atoms with van der Waals surface area (Å²) in [7, 11) is 0. The Kier molecular flexibility index (Phi) is 4.46. The van der Waals surface area contributed by atoms with Crippen molar-refractivity contribution in [3.05, 3.63) is 71.7 Å². The molecule has 3 aromatic rings. The smallest absolute Gasteiger partial charge is 0.279 e. The van der Waals surface area contributed by atoms with Crippen molar-refractivity contribution in [2.24, 2.45) is 0 Å². The third kappa shape index (κ3) is 3.50. The molecular formula is C16H11F2N5O2. The highest BCUT2D eigenvalue weighted by Gasteiger charge is 2.21. The van der Waals surface area contributed by atoms with Crippen molar-refractivity contribution in [2.45, 2.75) is 0 Å². The lowest BCUT2D eigenvalue weighted by Crippen LogP contribution is -2.19. The molecule has 0 radical (unpaired) electrons. The summed E-state index contributed by atoms with van der Waals surface area (Å²) in [5.41, 5.74) is -0.934. The second kappa shape index (κ2) is 6.87. The van der Waals surface area contributed by atoms with Crippen molar-refractivity contribution in [1.29, 1.82) is 0 Å². The number of aromatic nitrogens is 3. The molecule has 9 heteroatoms. The normalized spacial score (nSPS) is 10.3. The first-order chi connectivity index (χ1) is 12.1. The van der Waals surface area contributed by atoms with Crippen LogP contribution in [0.2, 0.25) is 0 Å². The second-order valence-electron chi connectivity index (χ2n) is 4.87. The zero-order valence-corrected chi connectivity index (χ0v) is 12.6. The maximum Gasteiger partial charge on any atom is 0.279 e. The molecule has 0 aliphatic rings. The van der Waals surface area contributed by atoms with Gasteiger partial charge in [-0.05, 0) is 24.3 Å². The number of anilines is 2. The highest BCUT2D eigenvalue weighted by molar-refractivity contribution is 6.11. The summed E-state index contributed by atoms with van der Waals surface area (Å²) in [5.74, 6) is -3.43. The van der Waals surface area contributed by atoms with Crippen molar-refractivity contribution in [1.82, 2.24) is 15.2 Å². The van der Waals surface area contributed by atoms with Crippen LogP contribution in [0.25, 0.3) is 0 Å². The summed E-state index contributed by atoms with van der Waals surface area (Å²) in [6, 6.07) is 7.99. The number of hydrogen-bond donors (Lipinski definition) is 3. The molecule has 7 nitrogen and oxygen atoms in total. The van der Waals surface area contributed by atoms with Crippen molar-refractivity contribution in [2.75, 3.05) is 10.6 Å². The van der Waals surface area contributed by atoms with Gasteiger partial charge < -0.3 is 10.6 Å². The van der Waals surface area contributed by atoms with Gasteiger partial charge in [0.15, 0.2) is 5.69 Å². The maximum absolute atomic E-state index is 13.7. The Bertz CT molecular complexity index is 907. The third-order valence-electron chi connectivity index (χ3n) is 3.20. The topological polar surface area (TPSA) is 99.8 Å². The van der Waals surface area contributed by atoms with Crippen LogP contribution < -0.4 is 10.6 Å².